The van der Waals surface area contributed by atoms with Crippen LogP contribution < -0.4 is 15.8 Å². The Bertz CT molecular complexity index is 1340. The fourth-order valence-corrected chi connectivity index (χ4v) is 5.00. The molecule has 4 heterocycles. The van der Waals surface area contributed by atoms with Crippen molar-refractivity contribution >= 4 is 22.4 Å². The molecule has 1 aliphatic carbocycles. The molecule has 1 fully saturated rings. The van der Waals surface area contributed by atoms with Crippen LogP contribution in [-0.2, 0) is 25.6 Å². The lowest BCUT2D eigenvalue weighted by molar-refractivity contribution is -0.140. The van der Waals surface area contributed by atoms with Crippen molar-refractivity contribution in [1.29, 1.82) is 0 Å². The average molecular weight is 485 g/mol. The van der Waals surface area contributed by atoms with Gasteiger partial charge in [0.15, 0.2) is 5.69 Å². The molecule has 10 heteroatoms. The van der Waals surface area contributed by atoms with Gasteiger partial charge in [-0.25, -0.2) is 4.98 Å². The molecule has 0 amide bonds. The van der Waals surface area contributed by atoms with E-state index in [2.05, 4.69) is 31.7 Å². The number of anilines is 1. The maximum atomic E-state index is 13.8. The largest absolute Gasteiger partial charge is 0.435 e. The number of aromatic nitrogens is 3. The SMILES string of the molecule is C=C(NC)c1ccc(N2CCN(Cc3cnc4c5c(c(=O)[nH]c4c3)CCC5)CC2)c(C(F)(F)F)n1. The fourth-order valence-electron chi connectivity index (χ4n) is 5.00. The molecule has 1 saturated heterocycles. The van der Waals surface area contributed by atoms with Gasteiger partial charge in [-0.2, -0.15) is 13.2 Å². The van der Waals surface area contributed by atoms with Crippen molar-refractivity contribution in [2.24, 2.45) is 0 Å². The molecule has 0 unspecified atom stereocenters. The summed E-state index contributed by atoms with van der Waals surface area (Å²) in [7, 11) is 1.60. The maximum Gasteiger partial charge on any atom is 0.435 e. The highest BCUT2D eigenvalue weighted by atomic mass is 19.4. The van der Waals surface area contributed by atoms with E-state index < -0.39 is 11.9 Å². The number of piperazine rings is 1. The number of aromatic amines is 1. The second-order valence-electron chi connectivity index (χ2n) is 9.06. The molecule has 184 valence electrons. The van der Waals surface area contributed by atoms with Crippen LogP contribution >= 0.6 is 0 Å². The van der Waals surface area contributed by atoms with Gasteiger partial charge >= 0.3 is 6.18 Å². The molecule has 0 aromatic carbocycles. The predicted octanol–water partition coefficient (Wildman–Crippen LogP) is 3.34. The summed E-state index contributed by atoms with van der Waals surface area (Å²) < 4.78 is 41.3. The van der Waals surface area contributed by atoms with Crippen molar-refractivity contribution < 1.29 is 13.2 Å². The molecule has 7 nitrogen and oxygen atoms in total. The van der Waals surface area contributed by atoms with E-state index in [9.17, 15) is 18.0 Å². The Kier molecular flexibility index (Phi) is 6.00. The van der Waals surface area contributed by atoms with Crippen LogP contribution in [0.4, 0.5) is 18.9 Å². The number of rotatable bonds is 5. The zero-order valence-corrected chi connectivity index (χ0v) is 19.5. The van der Waals surface area contributed by atoms with Crippen molar-refractivity contribution in [3.63, 3.8) is 0 Å². The number of hydrogen-bond donors (Lipinski definition) is 2. The molecule has 5 rings (SSSR count). The Balaban J connectivity index is 1.30. The third-order valence-corrected chi connectivity index (χ3v) is 6.84. The predicted molar refractivity (Wildman–Crippen MR) is 129 cm³/mol. The minimum atomic E-state index is -4.57. The van der Waals surface area contributed by atoms with Gasteiger partial charge in [0.25, 0.3) is 5.56 Å². The zero-order valence-electron chi connectivity index (χ0n) is 19.5. The minimum Gasteiger partial charge on any atom is -0.387 e. The highest BCUT2D eigenvalue weighted by Crippen LogP contribution is 2.36. The topological polar surface area (TPSA) is 77.1 Å². The molecular weight excluding hydrogens is 457 g/mol. The first-order valence-electron chi connectivity index (χ1n) is 11.7. The van der Waals surface area contributed by atoms with Gasteiger partial charge in [0.05, 0.1) is 28.1 Å². The molecule has 0 bridgehead atoms. The second-order valence-corrected chi connectivity index (χ2v) is 9.06. The monoisotopic (exact) mass is 484 g/mol. The Morgan fingerprint density at radius 2 is 1.91 bits per heavy atom. The summed E-state index contributed by atoms with van der Waals surface area (Å²) in [6.45, 7) is 6.42. The second kappa shape index (κ2) is 8.99. The number of nitrogens with one attached hydrogen (secondary N) is 2. The van der Waals surface area contributed by atoms with Gasteiger partial charge in [-0.1, -0.05) is 6.58 Å². The van der Waals surface area contributed by atoms with Gasteiger partial charge in [-0.3, -0.25) is 14.7 Å². The van der Waals surface area contributed by atoms with Crippen molar-refractivity contribution in [3.05, 3.63) is 69.4 Å². The van der Waals surface area contributed by atoms with Crippen LogP contribution in [0, 0.1) is 0 Å². The van der Waals surface area contributed by atoms with Crippen LogP contribution in [0.2, 0.25) is 0 Å². The number of nitrogens with zero attached hydrogens (tertiary/aromatic N) is 4. The van der Waals surface area contributed by atoms with Gasteiger partial charge in [0.2, 0.25) is 0 Å². The fraction of sp³-hybridized carbons (Fsp3) is 0.400. The summed E-state index contributed by atoms with van der Waals surface area (Å²) in [6.07, 6.45) is -0.0749. The maximum absolute atomic E-state index is 13.8. The molecule has 35 heavy (non-hydrogen) atoms. The number of pyridine rings is 3. The first kappa shape index (κ1) is 23.3. The number of aryl methyl sites for hydroxylation is 1. The lowest BCUT2D eigenvalue weighted by Gasteiger charge is -2.37. The molecule has 0 atom stereocenters. The van der Waals surface area contributed by atoms with E-state index >= 15 is 0 Å². The van der Waals surface area contributed by atoms with Crippen molar-refractivity contribution in [1.82, 2.24) is 25.2 Å². The Morgan fingerprint density at radius 3 is 2.63 bits per heavy atom. The van der Waals surface area contributed by atoms with E-state index in [0.717, 1.165) is 47.0 Å². The number of alkyl halides is 3. The normalized spacial score (nSPS) is 16.5. The Hall–Kier alpha value is -3.40. The summed E-state index contributed by atoms with van der Waals surface area (Å²) in [5.74, 6) is 0. The van der Waals surface area contributed by atoms with E-state index in [4.69, 9.17) is 0 Å². The quantitative estimate of drug-likeness (QED) is 0.579. The number of H-pyrrole nitrogens is 1. The summed E-state index contributed by atoms with van der Waals surface area (Å²) in [4.78, 5) is 27.8. The van der Waals surface area contributed by atoms with E-state index in [1.54, 1.807) is 18.0 Å². The third-order valence-electron chi connectivity index (χ3n) is 6.84. The lowest BCUT2D eigenvalue weighted by atomic mass is 10.1. The van der Waals surface area contributed by atoms with Crippen LogP contribution in [0.3, 0.4) is 0 Å². The standard InChI is InChI=1S/C25H27F3N6O/c1-15(29-2)19-6-7-21(23(31-19)25(26,27)28)34-10-8-33(9-11-34)14-16-12-20-22(30-13-16)17-4-3-5-18(17)24(35)32-20/h6-7,12-13,29H,1,3-5,8-11,14H2,2H3,(H,32,35). The molecule has 0 spiro atoms. The van der Waals surface area contributed by atoms with Crippen LogP contribution in [0.25, 0.3) is 16.7 Å². The summed E-state index contributed by atoms with van der Waals surface area (Å²) in [5, 5.41) is 2.74. The number of halogens is 3. The molecule has 3 aromatic heterocycles. The summed E-state index contributed by atoms with van der Waals surface area (Å²) >= 11 is 0. The number of fused-ring (bicyclic) bond motifs is 3. The molecule has 0 radical (unpaired) electrons. The van der Waals surface area contributed by atoms with Gasteiger partial charge < -0.3 is 15.2 Å². The highest BCUT2D eigenvalue weighted by molar-refractivity contribution is 5.79. The van der Waals surface area contributed by atoms with Crippen LogP contribution in [0.1, 0.15) is 34.5 Å². The molecule has 2 N–H and O–H groups in total. The average Bonchev–Trinajstić information content (AvgIpc) is 3.34. The van der Waals surface area contributed by atoms with Gasteiger partial charge in [-0.05, 0) is 48.6 Å². The molecule has 3 aromatic rings. The van der Waals surface area contributed by atoms with Gasteiger partial charge in [-0.15, -0.1) is 0 Å². The molecule has 1 aliphatic heterocycles. The van der Waals surface area contributed by atoms with Crippen LogP contribution in [0.15, 0.2) is 35.8 Å². The molecular formula is C25H27F3N6O. The first-order valence-corrected chi connectivity index (χ1v) is 11.7. The zero-order chi connectivity index (χ0) is 24.7. The molecule has 2 aliphatic rings. The van der Waals surface area contributed by atoms with Crippen LogP contribution in [-0.4, -0.2) is 53.1 Å². The van der Waals surface area contributed by atoms with Crippen molar-refractivity contribution in [2.45, 2.75) is 32.0 Å². The van der Waals surface area contributed by atoms with E-state index in [0.29, 0.717) is 38.4 Å². The van der Waals surface area contributed by atoms with E-state index in [-0.39, 0.29) is 16.9 Å². The highest BCUT2D eigenvalue weighted by Gasteiger charge is 2.38. The first-order chi connectivity index (χ1) is 16.7. The Labute approximate surface area is 200 Å². The number of hydrogen-bond acceptors (Lipinski definition) is 6. The van der Waals surface area contributed by atoms with Crippen molar-refractivity contribution in [3.8, 4) is 0 Å². The third kappa shape index (κ3) is 4.50. The van der Waals surface area contributed by atoms with E-state index in [1.807, 2.05) is 12.3 Å². The minimum absolute atomic E-state index is 0.0315. The van der Waals surface area contributed by atoms with Crippen molar-refractivity contribution in [2.75, 3.05) is 38.1 Å². The van der Waals surface area contributed by atoms with Gasteiger partial charge in [0, 0.05) is 51.5 Å². The van der Waals surface area contributed by atoms with E-state index in [1.165, 1.54) is 6.07 Å². The summed E-state index contributed by atoms with van der Waals surface area (Å²) in [5.41, 5.74) is 4.16. The van der Waals surface area contributed by atoms with Crippen LogP contribution in [0.5, 0.6) is 0 Å². The lowest BCUT2D eigenvalue weighted by Crippen LogP contribution is -2.46. The molecule has 0 saturated carbocycles. The summed E-state index contributed by atoms with van der Waals surface area (Å²) in [6, 6.07) is 5.01. The van der Waals surface area contributed by atoms with Gasteiger partial charge in [0.1, 0.15) is 0 Å². The smallest absolute Gasteiger partial charge is 0.387 e. The Morgan fingerprint density at radius 1 is 1.17 bits per heavy atom.